The van der Waals surface area contributed by atoms with Crippen LogP contribution in [0.3, 0.4) is 0 Å². The van der Waals surface area contributed by atoms with Gasteiger partial charge in [0.05, 0.1) is 10.5 Å². The fourth-order valence-corrected chi connectivity index (χ4v) is 1.57. The number of nitro groups is 1. The third kappa shape index (κ3) is 2.97. The number of benzene rings is 2. The van der Waals surface area contributed by atoms with E-state index in [1.807, 2.05) is 6.92 Å². The molecule has 5 nitrogen and oxygen atoms in total. The van der Waals surface area contributed by atoms with Crippen LogP contribution in [0, 0.1) is 22.9 Å². The van der Waals surface area contributed by atoms with Crippen molar-refractivity contribution in [3.8, 4) is 5.75 Å². The number of esters is 1. The first-order valence-electron chi connectivity index (χ1n) is 5.70. The van der Waals surface area contributed by atoms with E-state index in [0.717, 1.165) is 23.8 Å². The van der Waals surface area contributed by atoms with Crippen LogP contribution in [-0.2, 0) is 0 Å². The summed E-state index contributed by atoms with van der Waals surface area (Å²) < 4.78 is 18.0. The molecule has 0 saturated carbocycles. The van der Waals surface area contributed by atoms with Crippen LogP contribution in [0.4, 0.5) is 10.1 Å². The summed E-state index contributed by atoms with van der Waals surface area (Å²) in [6.07, 6.45) is 0. The average molecular weight is 275 g/mol. The molecule has 2 rings (SSSR count). The minimum atomic E-state index is -0.779. The van der Waals surface area contributed by atoms with Crippen molar-refractivity contribution in [2.24, 2.45) is 0 Å². The Labute approximate surface area is 113 Å². The molecule has 0 aliphatic heterocycles. The van der Waals surface area contributed by atoms with Gasteiger partial charge in [0.2, 0.25) is 5.75 Å². The van der Waals surface area contributed by atoms with Gasteiger partial charge in [-0.05, 0) is 25.1 Å². The Morgan fingerprint density at radius 3 is 2.45 bits per heavy atom. The number of hydrogen-bond acceptors (Lipinski definition) is 4. The molecule has 6 heteroatoms. The highest BCUT2D eigenvalue weighted by Crippen LogP contribution is 2.28. The highest BCUT2D eigenvalue weighted by atomic mass is 19.1. The number of aryl methyl sites for hydroxylation is 1. The molecule has 0 unspecified atom stereocenters. The number of hydrogen-bond donors (Lipinski definition) is 0. The molecule has 0 heterocycles. The molecule has 0 bridgehead atoms. The lowest BCUT2D eigenvalue weighted by atomic mass is 10.1. The van der Waals surface area contributed by atoms with E-state index in [-0.39, 0.29) is 5.56 Å². The lowest BCUT2D eigenvalue weighted by Gasteiger charge is -2.05. The Morgan fingerprint density at radius 1 is 1.20 bits per heavy atom. The zero-order valence-corrected chi connectivity index (χ0v) is 10.5. The van der Waals surface area contributed by atoms with Gasteiger partial charge in [0.25, 0.3) is 0 Å². The Hall–Kier alpha value is -2.76. The quantitative estimate of drug-likeness (QED) is 0.373. The van der Waals surface area contributed by atoms with E-state index in [1.54, 1.807) is 12.1 Å². The molecule has 102 valence electrons. The molecular formula is C14H10FNO4. The van der Waals surface area contributed by atoms with Gasteiger partial charge < -0.3 is 4.74 Å². The van der Waals surface area contributed by atoms with Gasteiger partial charge in [0.1, 0.15) is 5.82 Å². The first kappa shape index (κ1) is 13.7. The first-order valence-corrected chi connectivity index (χ1v) is 5.70. The van der Waals surface area contributed by atoms with E-state index in [4.69, 9.17) is 4.74 Å². The molecule has 0 N–H and O–H groups in total. The SMILES string of the molecule is Cc1ccc(C(=O)Oc2cc(F)ccc2[N+](=O)[O-])cc1. The van der Waals surface area contributed by atoms with Crippen LogP contribution in [0.5, 0.6) is 5.75 Å². The maximum absolute atomic E-state index is 13.1. The maximum Gasteiger partial charge on any atom is 0.343 e. The number of rotatable bonds is 3. The second-order valence-electron chi connectivity index (χ2n) is 4.12. The third-order valence-electron chi connectivity index (χ3n) is 2.61. The van der Waals surface area contributed by atoms with Crippen molar-refractivity contribution in [3.63, 3.8) is 0 Å². The molecule has 2 aromatic rings. The maximum atomic E-state index is 13.1. The summed E-state index contributed by atoms with van der Waals surface area (Å²) in [4.78, 5) is 21.9. The van der Waals surface area contributed by atoms with Crippen molar-refractivity contribution in [2.45, 2.75) is 6.92 Å². The van der Waals surface area contributed by atoms with Gasteiger partial charge in [-0.25, -0.2) is 9.18 Å². The topological polar surface area (TPSA) is 69.4 Å². The fraction of sp³-hybridized carbons (Fsp3) is 0.0714. The highest BCUT2D eigenvalue weighted by Gasteiger charge is 2.19. The van der Waals surface area contributed by atoms with Crippen molar-refractivity contribution < 1.29 is 18.8 Å². The number of halogens is 1. The summed E-state index contributed by atoms with van der Waals surface area (Å²) in [5, 5.41) is 10.8. The molecular weight excluding hydrogens is 265 g/mol. The number of nitrogens with zero attached hydrogens (tertiary/aromatic N) is 1. The van der Waals surface area contributed by atoms with Crippen LogP contribution in [0.15, 0.2) is 42.5 Å². The Morgan fingerprint density at radius 2 is 1.85 bits per heavy atom. The van der Waals surface area contributed by atoms with Crippen LogP contribution in [0.1, 0.15) is 15.9 Å². The van der Waals surface area contributed by atoms with Crippen molar-refractivity contribution >= 4 is 11.7 Å². The Bertz CT molecular complexity index is 667. The summed E-state index contributed by atoms with van der Waals surface area (Å²) >= 11 is 0. The largest absolute Gasteiger partial charge is 0.415 e. The monoisotopic (exact) mass is 275 g/mol. The molecule has 0 aliphatic carbocycles. The van der Waals surface area contributed by atoms with E-state index in [1.165, 1.54) is 12.1 Å². The van der Waals surface area contributed by atoms with Crippen molar-refractivity contribution in [1.29, 1.82) is 0 Å². The van der Waals surface area contributed by atoms with Crippen LogP contribution in [-0.4, -0.2) is 10.9 Å². The smallest absolute Gasteiger partial charge is 0.343 e. The number of carbonyl (C=O) groups excluding carboxylic acids is 1. The van der Waals surface area contributed by atoms with Crippen LogP contribution >= 0.6 is 0 Å². The van der Waals surface area contributed by atoms with Crippen LogP contribution < -0.4 is 4.74 Å². The second-order valence-corrected chi connectivity index (χ2v) is 4.12. The second kappa shape index (κ2) is 5.48. The lowest BCUT2D eigenvalue weighted by molar-refractivity contribution is -0.385. The molecule has 0 spiro atoms. The van der Waals surface area contributed by atoms with E-state index in [2.05, 4.69) is 0 Å². The minimum absolute atomic E-state index is 0.231. The van der Waals surface area contributed by atoms with Gasteiger partial charge in [0.15, 0.2) is 0 Å². The van der Waals surface area contributed by atoms with Gasteiger partial charge in [-0.2, -0.15) is 0 Å². The zero-order chi connectivity index (χ0) is 14.7. The number of nitro benzene ring substituents is 1. The van der Waals surface area contributed by atoms with Crippen LogP contribution in [0.25, 0.3) is 0 Å². The molecule has 0 atom stereocenters. The normalized spacial score (nSPS) is 10.1. The van der Waals surface area contributed by atoms with E-state index < -0.39 is 28.1 Å². The highest BCUT2D eigenvalue weighted by molar-refractivity contribution is 5.91. The first-order chi connectivity index (χ1) is 9.47. The average Bonchev–Trinajstić information content (AvgIpc) is 2.39. The number of ether oxygens (including phenoxy) is 1. The summed E-state index contributed by atoms with van der Waals surface area (Å²) in [6.45, 7) is 1.85. The summed E-state index contributed by atoms with van der Waals surface area (Å²) in [7, 11) is 0. The molecule has 0 saturated heterocycles. The molecule has 2 aromatic carbocycles. The van der Waals surface area contributed by atoms with Gasteiger partial charge in [-0.1, -0.05) is 17.7 Å². The lowest BCUT2D eigenvalue weighted by Crippen LogP contribution is -2.10. The van der Waals surface area contributed by atoms with Crippen molar-refractivity contribution in [2.75, 3.05) is 0 Å². The minimum Gasteiger partial charge on any atom is -0.415 e. The Balaban J connectivity index is 2.29. The predicted octanol–water partition coefficient (Wildman–Crippen LogP) is 3.26. The molecule has 0 radical (unpaired) electrons. The van der Waals surface area contributed by atoms with Gasteiger partial charge >= 0.3 is 11.7 Å². The fourth-order valence-electron chi connectivity index (χ4n) is 1.57. The Kier molecular flexibility index (Phi) is 3.74. The van der Waals surface area contributed by atoms with E-state index in [0.29, 0.717) is 0 Å². The molecule has 0 aromatic heterocycles. The summed E-state index contributed by atoms with van der Waals surface area (Å²) in [6, 6.07) is 9.16. The predicted molar refractivity (Wildman–Crippen MR) is 69.2 cm³/mol. The molecule has 20 heavy (non-hydrogen) atoms. The van der Waals surface area contributed by atoms with Crippen molar-refractivity contribution in [1.82, 2.24) is 0 Å². The van der Waals surface area contributed by atoms with Gasteiger partial charge in [-0.3, -0.25) is 10.1 Å². The zero-order valence-electron chi connectivity index (χ0n) is 10.5. The van der Waals surface area contributed by atoms with E-state index in [9.17, 15) is 19.3 Å². The number of carbonyl (C=O) groups is 1. The molecule has 0 fully saturated rings. The summed E-state index contributed by atoms with van der Waals surface area (Å²) in [5.41, 5.74) is 0.722. The van der Waals surface area contributed by atoms with Gasteiger partial charge in [0, 0.05) is 12.1 Å². The third-order valence-corrected chi connectivity index (χ3v) is 2.61. The van der Waals surface area contributed by atoms with E-state index >= 15 is 0 Å². The standard InChI is InChI=1S/C14H10FNO4/c1-9-2-4-10(5-3-9)14(17)20-13-8-11(15)6-7-12(13)16(18)19/h2-8H,1H3. The summed E-state index contributed by atoms with van der Waals surface area (Å²) in [5.74, 6) is -1.92. The molecule has 0 amide bonds. The van der Waals surface area contributed by atoms with Crippen LogP contribution in [0.2, 0.25) is 0 Å². The van der Waals surface area contributed by atoms with Crippen molar-refractivity contribution in [3.05, 3.63) is 69.5 Å². The van der Waals surface area contributed by atoms with Gasteiger partial charge in [-0.15, -0.1) is 0 Å². The molecule has 0 aliphatic rings.